The summed E-state index contributed by atoms with van der Waals surface area (Å²) in [5.74, 6) is -0.387. The lowest BCUT2D eigenvalue weighted by Crippen LogP contribution is -2.38. The van der Waals surface area contributed by atoms with Gasteiger partial charge in [0.05, 0.1) is 16.4 Å². The minimum absolute atomic E-state index is 0.0382. The van der Waals surface area contributed by atoms with Crippen molar-refractivity contribution in [1.82, 2.24) is 5.32 Å². The zero-order valence-electron chi connectivity index (χ0n) is 14.9. The third kappa shape index (κ3) is 4.58. The maximum atomic E-state index is 12.5. The Kier molecular flexibility index (Phi) is 5.78. The molecule has 0 radical (unpaired) electrons. The van der Waals surface area contributed by atoms with Crippen LogP contribution in [0, 0.1) is 10.1 Å². The average Bonchev–Trinajstić information content (AvgIpc) is 3.11. The van der Waals surface area contributed by atoms with Gasteiger partial charge in [-0.05, 0) is 30.2 Å². The highest BCUT2D eigenvalue weighted by molar-refractivity contribution is 7.92. The fraction of sp³-hybridized carbons (Fsp3) is 0.278. The number of nitro benzene ring substituents is 1. The zero-order chi connectivity index (χ0) is 20.1. The van der Waals surface area contributed by atoms with E-state index in [1.165, 1.54) is 28.6 Å². The lowest BCUT2D eigenvalue weighted by atomic mass is 10.2. The van der Waals surface area contributed by atoms with E-state index in [0.29, 0.717) is 24.4 Å². The number of para-hydroxylation sites is 1. The molecule has 1 aliphatic rings. The van der Waals surface area contributed by atoms with E-state index in [1.807, 2.05) is 12.1 Å². The number of benzene rings is 2. The van der Waals surface area contributed by atoms with Crippen LogP contribution in [0.5, 0.6) is 5.75 Å². The molecule has 0 saturated heterocycles. The Labute approximate surface area is 162 Å². The van der Waals surface area contributed by atoms with Crippen LogP contribution in [0.3, 0.4) is 0 Å². The minimum Gasteiger partial charge on any atom is -0.484 e. The summed E-state index contributed by atoms with van der Waals surface area (Å²) in [6, 6.07) is 12.7. The van der Waals surface area contributed by atoms with Gasteiger partial charge in [0.1, 0.15) is 5.75 Å². The highest BCUT2D eigenvalue weighted by Crippen LogP contribution is 2.29. The summed E-state index contributed by atoms with van der Waals surface area (Å²) in [5, 5.41) is 13.1. The van der Waals surface area contributed by atoms with Crippen molar-refractivity contribution in [2.24, 2.45) is 0 Å². The number of ether oxygens (including phenoxy) is 1. The molecule has 2 aromatic carbocycles. The number of hydrogen-bond donors (Lipinski definition) is 1. The molecule has 1 aliphatic heterocycles. The number of amides is 1. The quantitative estimate of drug-likeness (QED) is 0.525. The van der Waals surface area contributed by atoms with E-state index in [-0.39, 0.29) is 24.6 Å². The highest BCUT2D eigenvalue weighted by Gasteiger charge is 2.28. The first-order valence-electron chi connectivity index (χ1n) is 8.59. The predicted octanol–water partition coefficient (Wildman–Crippen LogP) is 1.48. The Morgan fingerprint density at radius 1 is 1.18 bits per heavy atom. The van der Waals surface area contributed by atoms with Gasteiger partial charge in [0.15, 0.2) is 6.61 Å². The van der Waals surface area contributed by atoms with Crippen molar-refractivity contribution in [3.8, 4) is 5.75 Å². The number of anilines is 1. The maximum absolute atomic E-state index is 12.5. The number of nitrogens with one attached hydrogen (secondary N) is 1. The van der Waals surface area contributed by atoms with Crippen molar-refractivity contribution in [3.63, 3.8) is 0 Å². The predicted molar refractivity (Wildman–Crippen MR) is 103 cm³/mol. The van der Waals surface area contributed by atoms with E-state index < -0.39 is 20.9 Å². The third-order valence-electron chi connectivity index (χ3n) is 4.28. The summed E-state index contributed by atoms with van der Waals surface area (Å²) in [6.45, 7) is 0.0484. The van der Waals surface area contributed by atoms with Crippen LogP contribution in [0.2, 0.25) is 0 Å². The van der Waals surface area contributed by atoms with Crippen LogP contribution in [-0.2, 0) is 21.2 Å². The smallest absolute Gasteiger partial charge is 0.269 e. The van der Waals surface area contributed by atoms with Gasteiger partial charge < -0.3 is 10.1 Å². The molecule has 0 atom stereocenters. The summed E-state index contributed by atoms with van der Waals surface area (Å²) in [5.41, 5.74) is 1.60. The lowest BCUT2D eigenvalue weighted by molar-refractivity contribution is -0.384. The largest absolute Gasteiger partial charge is 0.484 e. The average molecular weight is 405 g/mol. The van der Waals surface area contributed by atoms with E-state index in [9.17, 15) is 23.3 Å². The number of carbonyl (C=O) groups is 1. The van der Waals surface area contributed by atoms with Crippen molar-refractivity contribution < 1.29 is 22.9 Å². The Bertz CT molecular complexity index is 975. The van der Waals surface area contributed by atoms with Gasteiger partial charge in [-0.15, -0.1) is 0 Å². The molecule has 9 nitrogen and oxygen atoms in total. The minimum atomic E-state index is -3.54. The first-order valence-corrected chi connectivity index (χ1v) is 10.2. The number of nitro groups is 1. The van der Waals surface area contributed by atoms with Crippen molar-refractivity contribution in [2.45, 2.75) is 6.42 Å². The van der Waals surface area contributed by atoms with Crippen LogP contribution in [0.4, 0.5) is 11.4 Å². The second-order valence-corrected chi connectivity index (χ2v) is 8.17. The standard InChI is InChI=1S/C18H19N3O6S/c22-18(13-27-16-7-5-15(6-8-16)21(23)24)19-10-12-28(25,26)20-11-9-14-3-1-2-4-17(14)20/h1-8H,9-13H2,(H,19,22). The Balaban J connectivity index is 1.45. The van der Waals surface area contributed by atoms with Crippen LogP contribution < -0.4 is 14.4 Å². The molecule has 0 saturated carbocycles. The summed E-state index contributed by atoms with van der Waals surface area (Å²) < 4.78 is 31.7. The van der Waals surface area contributed by atoms with Gasteiger partial charge in [0.25, 0.3) is 11.6 Å². The topological polar surface area (TPSA) is 119 Å². The zero-order valence-corrected chi connectivity index (χ0v) is 15.7. The van der Waals surface area contributed by atoms with Crippen LogP contribution in [0.25, 0.3) is 0 Å². The molecule has 0 spiro atoms. The number of hydrogen-bond acceptors (Lipinski definition) is 6. The third-order valence-corrected chi connectivity index (χ3v) is 6.05. The fourth-order valence-corrected chi connectivity index (χ4v) is 4.32. The second kappa shape index (κ2) is 8.26. The Hall–Kier alpha value is -3.14. The highest BCUT2D eigenvalue weighted by atomic mass is 32.2. The van der Waals surface area contributed by atoms with E-state index in [1.54, 1.807) is 12.1 Å². The Morgan fingerprint density at radius 2 is 1.89 bits per heavy atom. The lowest BCUT2D eigenvalue weighted by Gasteiger charge is -2.19. The number of rotatable bonds is 8. The van der Waals surface area contributed by atoms with Gasteiger partial charge in [-0.1, -0.05) is 18.2 Å². The summed E-state index contributed by atoms with van der Waals surface area (Å²) in [4.78, 5) is 21.9. The van der Waals surface area contributed by atoms with E-state index in [4.69, 9.17) is 4.74 Å². The van der Waals surface area contributed by atoms with Crippen LogP contribution in [0.1, 0.15) is 5.56 Å². The van der Waals surface area contributed by atoms with Gasteiger partial charge in [0, 0.05) is 25.2 Å². The molecule has 0 unspecified atom stereocenters. The molecule has 1 heterocycles. The first-order chi connectivity index (χ1) is 13.4. The van der Waals surface area contributed by atoms with Crippen molar-refractivity contribution >= 4 is 27.3 Å². The Morgan fingerprint density at radius 3 is 2.61 bits per heavy atom. The van der Waals surface area contributed by atoms with E-state index >= 15 is 0 Å². The molecule has 2 aromatic rings. The number of fused-ring (bicyclic) bond motifs is 1. The molecule has 0 aliphatic carbocycles. The second-order valence-electron chi connectivity index (χ2n) is 6.16. The molecule has 1 amide bonds. The fourth-order valence-electron chi connectivity index (χ4n) is 2.89. The summed E-state index contributed by atoms with van der Waals surface area (Å²) >= 11 is 0. The number of nitrogens with zero attached hydrogens (tertiary/aromatic N) is 2. The van der Waals surface area contributed by atoms with Crippen molar-refractivity contribution in [3.05, 3.63) is 64.2 Å². The van der Waals surface area contributed by atoms with Gasteiger partial charge in [-0.2, -0.15) is 0 Å². The van der Waals surface area contributed by atoms with Crippen LogP contribution in [-0.4, -0.2) is 44.7 Å². The van der Waals surface area contributed by atoms with Gasteiger partial charge >= 0.3 is 0 Å². The molecule has 0 bridgehead atoms. The normalized spacial score (nSPS) is 13.1. The monoisotopic (exact) mass is 405 g/mol. The van der Waals surface area contributed by atoms with Gasteiger partial charge in [-0.3, -0.25) is 19.2 Å². The first kappa shape index (κ1) is 19.6. The van der Waals surface area contributed by atoms with Crippen molar-refractivity contribution in [2.75, 3.05) is 29.8 Å². The molecule has 0 aromatic heterocycles. The van der Waals surface area contributed by atoms with E-state index in [0.717, 1.165) is 5.56 Å². The number of carbonyl (C=O) groups excluding carboxylic acids is 1. The summed E-state index contributed by atoms with van der Waals surface area (Å²) in [6.07, 6.45) is 0.671. The maximum Gasteiger partial charge on any atom is 0.269 e. The molecule has 148 valence electrons. The van der Waals surface area contributed by atoms with E-state index in [2.05, 4.69) is 5.32 Å². The molecule has 28 heavy (non-hydrogen) atoms. The molecule has 10 heteroatoms. The molecular weight excluding hydrogens is 386 g/mol. The SMILES string of the molecule is O=C(COc1ccc([N+](=O)[O-])cc1)NCCS(=O)(=O)N1CCc2ccccc21. The molecular formula is C18H19N3O6S. The van der Waals surface area contributed by atoms with Gasteiger partial charge in [0.2, 0.25) is 10.0 Å². The van der Waals surface area contributed by atoms with Gasteiger partial charge in [-0.25, -0.2) is 8.42 Å². The number of sulfonamides is 1. The molecule has 1 N–H and O–H groups in total. The number of non-ortho nitro benzene ring substituents is 1. The van der Waals surface area contributed by atoms with Crippen molar-refractivity contribution in [1.29, 1.82) is 0 Å². The molecule has 0 fully saturated rings. The van der Waals surface area contributed by atoms with Crippen LogP contribution >= 0.6 is 0 Å². The molecule has 3 rings (SSSR count). The summed E-state index contributed by atoms with van der Waals surface area (Å²) in [7, 11) is -3.54. The van der Waals surface area contributed by atoms with Crippen LogP contribution in [0.15, 0.2) is 48.5 Å².